The van der Waals surface area contributed by atoms with Crippen molar-refractivity contribution in [2.75, 3.05) is 0 Å². The first-order valence-corrected chi connectivity index (χ1v) is 5.35. The van der Waals surface area contributed by atoms with Gasteiger partial charge in [-0.05, 0) is 37.4 Å². The minimum Gasteiger partial charge on any atom is -0.301 e. The number of hydrogen-bond donors (Lipinski definition) is 1. The molecule has 0 aromatic carbocycles. The summed E-state index contributed by atoms with van der Waals surface area (Å²) in [6.45, 7) is 2.27. The minimum atomic E-state index is 0.641. The molecule has 1 heterocycles. The van der Waals surface area contributed by atoms with Crippen molar-refractivity contribution in [3.05, 3.63) is 10.6 Å². The Morgan fingerprint density at radius 2 is 2.23 bits per heavy atom. The van der Waals surface area contributed by atoms with E-state index in [1.54, 1.807) is 0 Å². The van der Waals surface area contributed by atoms with E-state index < -0.39 is 0 Å². The summed E-state index contributed by atoms with van der Waals surface area (Å²) in [5.74, 6) is 2.70. The van der Waals surface area contributed by atoms with Gasteiger partial charge in [0.05, 0.1) is 0 Å². The summed E-state index contributed by atoms with van der Waals surface area (Å²) in [5.41, 5.74) is 0. The first-order valence-electron chi connectivity index (χ1n) is 4.94. The fourth-order valence-electron chi connectivity index (χ4n) is 1.93. The Morgan fingerprint density at radius 3 is 2.77 bits per heavy atom. The first-order chi connectivity index (χ1) is 6.27. The third-order valence-electron chi connectivity index (χ3n) is 3.07. The number of nitrogens with zero attached hydrogens (tertiary/aromatic N) is 2. The number of nitrogens with one attached hydrogen (secondary N) is 1. The van der Waals surface area contributed by atoms with Crippen LogP contribution < -0.4 is 0 Å². The lowest BCUT2D eigenvalue weighted by Crippen LogP contribution is -2.01. The van der Waals surface area contributed by atoms with E-state index in [1.807, 2.05) is 0 Å². The maximum absolute atomic E-state index is 5.23. The molecule has 1 aromatic rings. The van der Waals surface area contributed by atoms with Gasteiger partial charge in [0, 0.05) is 12.0 Å². The van der Waals surface area contributed by atoms with Crippen LogP contribution >= 0.6 is 12.2 Å². The van der Waals surface area contributed by atoms with Gasteiger partial charge in [-0.25, -0.2) is 0 Å². The van der Waals surface area contributed by atoms with E-state index in [9.17, 15) is 0 Å². The summed E-state index contributed by atoms with van der Waals surface area (Å²) in [5, 5.41) is 7.24. The fraction of sp³-hybridized carbons (Fsp3) is 0.778. The van der Waals surface area contributed by atoms with E-state index in [4.69, 9.17) is 12.2 Å². The van der Waals surface area contributed by atoms with Crippen molar-refractivity contribution in [1.29, 1.82) is 0 Å². The van der Waals surface area contributed by atoms with Crippen LogP contribution in [-0.4, -0.2) is 14.8 Å². The molecule has 3 nitrogen and oxygen atoms in total. The zero-order valence-electron chi connectivity index (χ0n) is 7.66. The summed E-state index contributed by atoms with van der Waals surface area (Å²) in [7, 11) is 0. The Labute approximate surface area is 82.2 Å². The summed E-state index contributed by atoms with van der Waals surface area (Å²) in [6.07, 6.45) is 3.86. The van der Waals surface area contributed by atoms with Gasteiger partial charge >= 0.3 is 0 Å². The molecule has 2 atom stereocenters. The van der Waals surface area contributed by atoms with Gasteiger partial charge < -0.3 is 4.57 Å². The van der Waals surface area contributed by atoms with E-state index in [0.29, 0.717) is 12.0 Å². The predicted molar refractivity (Wildman–Crippen MR) is 52.2 cm³/mol. The number of H-pyrrole nitrogens is 1. The van der Waals surface area contributed by atoms with Crippen LogP contribution in [0.5, 0.6) is 0 Å². The van der Waals surface area contributed by atoms with Gasteiger partial charge in [-0.1, -0.05) is 6.92 Å². The highest BCUT2D eigenvalue weighted by Crippen LogP contribution is 2.47. The lowest BCUT2D eigenvalue weighted by atomic mass is 10.4. The maximum atomic E-state index is 5.23. The predicted octanol–water partition coefficient (Wildman–Crippen LogP) is 2.40. The van der Waals surface area contributed by atoms with Gasteiger partial charge in [0.25, 0.3) is 0 Å². The van der Waals surface area contributed by atoms with Crippen LogP contribution in [0.4, 0.5) is 0 Å². The molecule has 0 spiro atoms. The SMILES string of the molecule is CC1CC1n1c(C2CC2)n[nH]c1=S. The van der Waals surface area contributed by atoms with Gasteiger partial charge in [-0.15, -0.1) is 0 Å². The van der Waals surface area contributed by atoms with Crippen LogP contribution in [0.2, 0.25) is 0 Å². The minimum absolute atomic E-state index is 0.641. The monoisotopic (exact) mass is 195 g/mol. The Balaban J connectivity index is 2.04. The molecule has 0 amide bonds. The van der Waals surface area contributed by atoms with E-state index in [1.165, 1.54) is 25.1 Å². The molecule has 0 aliphatic heterocycles. The first kappa shape index (κ1) is 7.74. The van der Waals surface area contributed by atoms with Crippen molar-refractivity contribution in [2.45, 2.75) is 38.1 Å². The molecule has 70 valence electrons. The Kier molecular flexibility index (Phi) is 1.45. The largest absolute Gasteiger partial charge is 0.301 e. The highest BCUT2D eigenvalue weighted by Gasteiger charge is 2.39. The topological polar surface area (TPSA) is 33.6 Å². The van der Waals surface area contributed by atoms with Crippen molar-refractivity contribution in [1.82, 2.24) is 14.8 Å². The van der Waals surface area contributed by atoms with Crippen molar-refractivity contribution in [3.63, 3.8) is 0 Å². The Hall–Kier alpha value is -0.640. The van der Waals surface area contributed by atoms with Crippen LogP contribution in [-0.2, 0) is 0 Å². The molecule has 13 heavy (non-hydrogen) atoms. The smallest absolute Gasteiger partial charge is 0.195 e. The second-order valence-electron chi connectivity index (χ2n) is 4.31. The van der Waals surface area contributed by atoms with Crippen LogP contribution in [0.3, 0.4) is 0 Å². The standard InChI is InChI=1S/C9H13N3S/c1-5-4-7(5)12-8(6-2-3-6)10-11-9(12)13/h5-7H,2-4H2,1H3,(H,11,13). The Morgan fingerprint density at radius 1 is 1.54 bits per heavy atom. The van der Waals surface area contributed by atoms with Gasteiger partial charge in [0.2, 0.25) is 0 Å². The molecule has 2 saturated carbocycles. The van der Waals surface area contributed by atoms with Crippen LogP contribution in [0.1, 0.15) is 44.0 Å². The normalized spacial score (nSPS) is 32.1. The van der Waals surface area contributed by atoms with Gasteiger partial charge in [-0.3, -0.25) is 5.10 Å². The molecule has 2 fully saturated rings. The summed E-state index contributed by atoms with van der Waals surface area (Å²) < 4.78 is 3.06. The van der Waals surface area contributed by atoms with Crippen LogP contribution in [0, 0.1) is 10.7 Å². The average Bonchev–Trinajstić information content (AvgIpc) is 2.98. The van der Waals surface area contributed by atoms with Crippen molar-refractivity contribution < 1.29 is 0 Å². The third-order valence-corrected chi connectivity index (χ3v) is 3.36. The molecular formula is C9H13N3S. The van der Waals surface area contributed by atoms with Crippen LogP contribution in [0.25, 0.3) is 0 Å². The van der Waals surface area contributed by atoms with E-state index >= 15 is 0 Å². The lowest BCUT2D eigenvalue weighted by molar-refractivity contribution is 0.636. The molecule has 2 unspecified atom stereocenters. The number of rotatable bonds is 2. The molecule has 1 aromatic heterocycles. The molecule has 3 rings (SSSR count). The number of aromatic nitrogens is 3. The van der Waals surface area contributed by atoms with E-state index in [-0.39, 0.29) is 0 Å². The van der Waals surface area contributed by atoms with Crippen molar-refractivity contribution >= 4 is 12.2 Å². The lowest BCUT2D eigenvalue weighted by Gasteiger charge is -2.02. The van der Waals surface area contributed by atoms with E-state index in [0.717, 1.165) is 10.7 Å². The third kappa shape index (κ3) is 1.15. The fourth-order valence-corrected chi connectivity index (χ4v) is 2.20. The highest BCUT2D eigenvalue weighted by molar-refractivity contribution is 7.71. The summed E-state index contributed by atoms with van der Waals surface area (Å²) in [4.78, 5) is 0. The molecule has 0 saturated heterocycles. The molecular weight excluding hydrogens is 182 g/mol. The summed E-state index contributed by atoms with van der Waals surface area (Å²) in [6, 6.07) is 0.641. The second-order valence-corrected chi connectivity index (χ2v) is 4.70. The molecule has 2 aliphatic rings. The molecule has 1 N–H and O–H groups in total. The molecule has 4 heteroatoms. The van der Waals surface area contributed by atoms with E-state index in [2.05, 4.69) is 21.7 Å². The number of aromatic amines is 1. The van der Waals surface area contributed by atoms with Gasteiger partial charge in [0.1, 0.15) is 5.82 Å². The highest BCUT2D eigenvalue weighted by atomic mass is 32.1. The average molecular weight is 195 g/mol. The quantitative estimate of drug-likeness (QED) is 0.735. The zero-order valence-corrected chi connectivity index (χ0v) is 8.47. The van der Waals surface area contributed by atoms with Crippen molar-refractivity contribution in [2.24, 2.45) is 5.92 Å². The van der Waals surface area contributed by atoms with Gasteiger partial charge in [-0.2, -0.15) is 5.10 Å². The van der Waals surface area contributed by atoms with Crippen molar-refractivity contribution in [3.8, 4) is 0 Å². The molecule has 2 aliphatic carbocycles. The zero-order chi connectivity index (χ0) is 9.00. The maximum Gasteiger partial charge on any atom is 0.195 e. The molecule has 0 radical (unpaired) electrons. The van der Waals surface area contributed by atoms with Gasteiger partial charge in [0.15, 0.2) is 4.77 Å². The Bertz CT molecular complexity index is 388. The molecule has 0 bridgehead atoms. The van der Waals surface area contributed by atoms with Crippen LogP contribution in [0.15, 0.2) is 0 Å². The number of hydrogen-bond acceptors (Lipinski definition) is 2. The second kappa shape index (κ2) is 2.44. The summed E-state index contributed by atoms with van der Waals surface area (Å²) >= 11 is 5.23.